The van der Waals surface area contributed by atoms with E-state index < -0.39 is 18.4 Å². The Bertz CT molecular complexity index is 405. The third kappa shape index (κ3) is 3.23. The normalized spacial score (nSPS) is 24.0. The molecule has 2 aliphatic heterocycles. The van der Waals surface area contributed by atoms with E-state index in [1.165, 1.54) is 11.8 Å². The van der Waals surface area contributed by atoms with Gasteiger partial charge in [-0.3, -0.25) is 4.79 Å². The van der Waals surface area contributed by atoms with Crippen LogP contribution < -0.4 is 5.32 Å². The number of esters is 1. The number of hydrogen-bond acceptors (Lipinski definition) is 4. The second-order valence-corrected chi connectivity index (χ2v) is 5.49. The second-order valence-electron chi connectivity index (χ2n) is 5.49. The molecule has 2 saturated heterocycles. The number of nitrogens with one attached hydrogen (secondary N) is 1. The third-order valence-electron chi connectivity index (χ3n) is 4.04. The van der Waals surface area contributed by atoms with Gasteiger partial charge in [0.2, 0.25) is 5.91 Å². The van der Waals surface area contributed by atoms with Crippen LogP contribution in [0.25, 0.3) is 0 Å². The van der Waals surface area contributed by atoms with E-state index in [0.717, 1.165) is 25.9 Å². The van der Waals surface area contributed by atoms with Crippen LogP contribution in [-0.4, -0.2) is 48.8 Å². The van der Waals surface area contributed by atoms with Crippen LogP contribution in [0.5, 0.6) is 0 Å². The summed E-state index contributed by atoms with van der Waals surface area (Å²) in [5.41, 5.74) is -0.213. The first-order valence-corrected chi connectivity index (χ1v) is 6.52. The maximum absolute atomic E-state index is 12.0. The van der Waals surface area contributed by atoms with Crippen molar-refractivity contribution in [1.29, 1.82) is 0 Å². The molecular weight excluding hydrogens is 277 g/mol. The summed E-state index contributed by atoms with van der Waals surface area (Å²) in [5.74, 6) is -1.71. The minimum Gasteiger partial charge on any atom is -0.371 e. The molecule has 1 N–H and O–H groups in total. The lowest BCUT2D eigenvalue weighted by atomic mass is 9.78. The van der Waals surface area contributed by atoms with Crippen molar-refractivity contribution in [2.75, 3.05) is 19.6 Å². The number of alkyl halides is 3. The lowest BCUT2D eigenvalue weighted by molar-refractivity contribution is -0.307. The molecule has 1 spiro atoms. The van der Waals surface area contributed by atoms with Gasteiger partial charge < -0.3 is 15.0 Å². The first-order valence-electron chi connectivity index (χ1n) is 6.52. The van der Waals surface area contributed by atoms with E-state index in [4.69, 9.17) is 0 Å². The van der Waals surface area contributed by atoms with Gasteiger partial charge in [-0.05, 0) is 38.3 Å². The number of nitrogens with zero attached hydrogens (tertiary/aromatic N) is 1. The number of rotatable bonds is 2. The van der Waals surface area contributed by atoms with Gasteiger partial charge in [-0.2, -0.15) is 0 Å². The van der Waals surface area contributed by atoms with Crippen molar-refractivity contribution in [3.05, 3.63) is 0 Å². The summed E-state index contributed by atoms with van der Waals surface area (Å²) in [4.78, 5) is 24.6. The van der Waals surface area contributed by atoms with Gasteiger partial charge in [0.15, 0.2) is 0 Å². The van der Waals surface area contributed by atoms with Crippen LogP contribution in [0.15, 0.2) is 0 Å². The smallest absolute Gasteiger partial charge is 0.371 e. The molecule has 5 nitrogen and oxygen atoms in total. The minimum atomic E-state index is -5.01. The molecule has 1 amide bonds. The first kappa shape index (κ1) is 15.1. The number of halogens is 3. The molecular formula is C12H17F3N2O3. The standard InChI is InChI=1S/C12H17F3N2O3/c1-8(10(19)20-12(13,14)15)17-7-11(6-9(17)18)2-4-16-5-3-11/h8,16H,2-7H2,1H3. The molecule has 2 rings (SSSR count). The molecule has 2 aliphatic rings. The highest BCUT2D eigenvalue weighted by Gasteiger charge is 2.47. The largest absolute Gasteiger partial charge is 0.575 e. The van der Waals surface area contributed by atoms with Crippen molar-refractivity contribution in [2.24, 2.45) is 5.41 Å². The number of hydrogen-bond donors (Lipinski definition) is 1. The van der Waals surface area contributed by atoms with Gasteiger partial charge in [0.25, 0.3) is 0 Å². The SMILES string of the molecule is CC(C(=O)OC(F)(F)F)N1CC2(CCNCC2)CC1=O. The Hall–Kier alpha value is -1.31. The van der Waals surface area contributed by atoms with E-state index in [1.54, 1.807) is 0 Å². The number of likely N-dealkylation sites (tertiary alicyclic amines) is 1. The molecule has 1 unspecified atom stereocenters. The third-order valence-corrected chi connectivity index (χ3v) is 4.04. The molecule has 0 aromatic carbocycles. The van der Waals surface area contributed by atoms with Crippen LogP contribution in [0.4, 0.5) is 13.2 Å². The van der Waals surface area contributed by atoms with Gasteiger partial charge in [-0.1, -0.05) is 0 Å². The van der Waals surface area contributed by atoms with E-state index >= 15 is 0 Å². The zero-order valence-corrected chi connectivity index (χ0v) is 11.1. The van der Waals surface area contributed by atoms with Crippen LogP contribution in [0.3, 0.4) is 0 Å². The van der Waals surface area contributed by atoms with Crippen molar-refractivity contribution in [1.82, 2.24) is 10.2 Å². The monoisotopic (exact) mass is 294 g/mol. The van der Waals surface area contributed by atoms with E-state index in [1.807, 2.05) is 0 Å². The molecule has 0 aromatic rings. The van der Waals surface area contributed by atoms with Crippen molar-refractivity contribution in [3.8, 4) is 0 Å². The van der Waals surface area contributed by atoms with Gasteiger partial charge in [-0.15, -0.1) is 13.2 Å². The van der Waals surface area contributed by atoms with Gasteiger partial charge in [-0.25, -0.2) is 4.79 Å². The summed E-state index contributed by atoms with van der Waals surface area (Å²) in [6.07, 6.45) is -3.15. The molecule has 0 aromatic heterocycles. The Morgan fingerprint density at radius 2 is 2.00 bits per heavy atom. The van der Waals surface area contributed by atoms with Crippen molar-refractivity contribution in [2.45, 2.75) is 38.6 Å². The van der Waals surface area contributed by atoms with Gasteiger partial charge in [0, 0.05) is 13.0 Å². The summed E-state index contributed by atoms with van der Waals surface area (Å²) >= 11 is 0. The molecule has 114 valence electrons. The number of carbonyl (C=O) groups excluding carboxylic acids is 2. The summed E-state index contributed by atoms with van der Waals surface area (Å²) in [7, 11) is 0. The summed E-state index contributed by atoms with van der Waals surface area (Å²) in [6.45, 7) is 3.15. The van der Waals surface area contributed by atoms with Crippen LogP contribution in [0.1, 0.15) is 26.2 Å². The van der Waals surface area contributed by atoms with Crippen molar-refractivity contribution >= 4 is 11.9 Å². The molecule has 2 fully saturated rings. The van der Waals surface area contributed by atoms with Gasteiger partial charge in [0.1, 0.15) is 6.04 Å². The fraction of sp³-hybridized carbons (Fsp3) is 0.833. The Balaban J connectivity index is 2.02. The molecule has 0 radical (unpaired) electrons. The lowest BCUT2D eigenvalue weighted by Gasteiger charge is -2.33. The fourth-order valence-corrected chi connectivity index (χ4v) is 2.90. The van der Waals surface area contributed by atoms with E-state index in [0.29, 0.717) is 6.54 Å². The van der Waals surface area contributed by atoms with Gasteiger partial charge >= 0.3 is 12.3 Å². The van der Waals surface area contributed by atoms with Crippen LogP contribution in [0, 0.1) is 5.41 Å². The minimum absolute atomic E-state index is 0.213. The Kier molecular flexibility index (Phi) is 3.95. The first-order chi connectivity index (χ1) is 9.22. The Morgan fingerprint density at radius 3 is 2.55 bits per heavy atom. The van der Waals surface area contributed by atoms with Crippen molar-refractivity contribution < 1.29 is 27.5 Å². The molecule has 0 bridgehead atoms. The highest BCUT2D eigenvalue weighted by atomic mass is 19.4. The molecule has 8 heteroatoms. The Labute approximate surface area is 114 Å². The topological polar surface area (TPSA) is 58.6 Å². The fourth-order valence-electron chi connectivity index (χ4n) is 2.90. The van der Waals surface area contributed by atoms with Crippen molar-refractivity contribution in [3.63, 3.8) is 0 Å². The van der Waals surface area contributed by atoms with Gasteiger partial charge in [0.05, 0.1) is 0 Å². The summed E-state index contributed by atoms with van der Waals surface area (Å²) in [6, 6.07) is -1.21. The number of amides is 1. The maximum Gasteiger partial charge on any atom is 0.575 e. The van der Waals surface area contributed by atoms with Crippen LogP contribution in [-0.2, 0) is 14.3 Å². The number of piperidine rings is 1. The zero-order chi connectivity index (χ0) is 15.0. The van der Waals surface area contributed by atoms with E-state index in [-0.39, 0.29) is 17.7 Å². The maximum atomic E-state index is 12.0. The predicted octanol–water partition coefficient (Wildman–Crippen LogP) is 1.04. The van der Waals surface area contributed by atoms with Crippen LogP contribution in [0.2, 0.25) is 0 Å². The average molecular weight is 294 g/mol. The lowest BCUT2D eigenvalue weighted by Crippen LogP contribution is -2.45. The zero-order valence-electron chi connectivity index (χ0n) is 11.1. The highest BCUT2D eigenvalue weighted by molar-refractivity contribution is 5.86. The molecule has 0 saturated carbocycles. The number of carbonyl (C=O) groups is 2. The quantitative estimate of drug-likeness (QED) is 0.773. The van der Waals surface area contributed by atoms with Crippen LogP contribution >= 0.6 is 0 Å². The molecule has 2 heterocycles. The predicted molar refractivity (Wildman–Crippen MR) is 62.5 cm³/mol. The van der Waals surface area contributed by atoms with E-state index in [9.17, 15) is 22.8 Å². The highest BCUT2D eigenvalue weighted by Crippen LogP contribution is 2.40. The Morgan fingerprint density at radius 1 is 1.40 bits per heavy atom. The average Bonchev–Trinajstić information content (AvgIpc) is 2.64. The molecule has 20 heavy (non-hydrogen) atoms. The number of ether oxygens (including phenoxy) is 1. The summed E-state index contributed by atoms with van der Waals surface area (Å²) in [5, 5.41) is 3.18. The summed E-state index contributed by atoms with van der Waals surface area (Å²) < 4.78 is 39.5. The second kappa shape index (κ2) is 5.23. The molecule has 0 aliphatic carbocycles. The molecule has 1 atom stereocenters. The van der Waals surface area contributed by atoms with E-state index in [2.05, 4.69) is 10.1 Å².